The van der Waals surface area contributed by atoms with Crippen LogP contribution in [0.15, 0.2) is 24.4 Å². The second kappa shape index (κ2) is 7.83. The summed E-state index contributed by atoms with van der Waals surface area (Å²) in [4.78, 5) is 13.2. The van der Waals surface area contributed by atoms with E-state index in [4.69, 9.17) is 0 Å². The molecular formula is C18H22F2N6O. The van der Waals surface area contributed by atoms with Crippen molar-refractivity contribution in [2.75, 3.05) is 17.2 Å². The highest BCUT2D eigenvalue weighted by atomic mass is 19.1. The smallest absolute Gasteiger partial charge is 0.224 e. The summed E-state index contributed by atoms with van der Waals surface area (Å²) in [6.07, 6.45) is 2.05. The van der Waals surface area contributed by atoms with Crippen molar-refractivity contribution in [1.82, 2.24) is 19.5 Å². The SMILES string of the molecule is CC(C)Nc1ncc2nc(Nc3ccc(F)cc3F)n([C@H](C)CCO)c2n1. The molecule has 0 aliphatic carbocycles. The summed E-state index contributed by atoms with van der Waals surface area (Å²) >= 11 is 0. The Balaban J connectivity index is 2.08. The molecule has 0 spiro atoms. The highest BCUT2D eigenvalue weighted by molar-refractivity contribution is 5.76. The predicted molar refractivity (Wildman–Crippen MR) is 100 cm³/mol. The Labute approximate surface area is 155 Å². The lowest BCUT2D eigenvalue weighted by Crippen LogP contribution is -2.14. The van der Waals surface area contributed by atoms with Crippen molar-refractivity contribution >= 4 is 28.7 Å². The predicted octanol–water partition coefficient (Wildman–Crippen LogP) is 3.61. The molecule has 0 saturated heterocycles. The summed E-state index contributed by atoms with van der Waals surface area (Å²) in [6.45, 7) is 5.83. The van der Waals surface area contributed by atoms with E-state index in [2.05, 4.69) is 25.6 Å². The number of aliphatic hydroxyl groups excluding tert-OH is 1. The summed E-state index contributed by atoms with van der Waals surface area (Å²) < 4.78 is 29.0. The lowest BCUT2D eigenvalue weighted by molar-refractivity contribution is 0.264. The number of halogens is 2. The fourth-order valence-corrected chi connectivity index (χ4v) is 2.75. The van der Waals surface area contributed by atoms with Crippen LogP contribution in [0.3, 0.4) is 0 Å². The second-order valence-corrected chi connectivity index (χ2v) is 6.62. The number of imidazole rings is 1. The Morgan fingerprint density at radius 1 is 1.19 bits per heavy atom. The van der Waals surface area contributed by atoms with Gasteiger partial charge in [0.15, 0.2) is 5.65 Å². The molecule has 0 radical (unpaired) electrons. The third kappa shape index (κ3) is 4.13. The standard InChI is InChI=1S/C18H22F2N6O/c1-10(2)22-17-21-9-15-16(25-17)26(11(3)6-7-27)18(24-15)23-14-5-4-12(19)8-13(14)20/h4-5,8-11,27H,6-7H2,1-3H3,(H,23,24)(H,21,22,25)/t11-/m1/s1. The molecule has 0 fully saturated rings. The number of benzene rings is 1. The van der Waals surface area contributed by atoms with Crippen LogP contribution in [0, 0.1) is 11.6 Å². The van der Waals surface area contributed by atoms with E-state index in [1.807, 2.05) is 20.8 Å². The average Bonchev–Trinajstić information content (AvgIpc) is 2.94. The minimum Gasteiger partial charge on any atom is -0.396 e. The Morgan fingerprint density at radius 2 is 1.96 bits per heavy atom. The van der Waals surface area contributed by atoms with Gasteiger partial charge in [-0.1, -0.05) is 0 Å². The number of hydrogen-bond donors (Lipinski definition) is 3. The Bertz CT molecular complexity index is 943. The van der Waals surface area contributed by atoms with Gasteiger partial charge in [0.2, 0.25) is 11.9 Å². The molecule has 3 rings (SSSR count). The van der Waals surface area contributed by atoms with Crippen molar-refractivity contribution < 1.29 is 13.9 Å². The van der Waals surface area contributed by atoms with Crippen LogP contribution in [0.4, 0.5) is 26.4 Å². The first-order valence-electron chi connectivity index (χ1n) is 8.73. The lowest BCUT2D eigenvalue weighted by atomic mass is 10.2. The first-order chi connectivity index (χ1) is 12.9. The molecule has 0 bridgehead atoms. The van der Waals surface area contributed by atoms with Crippen molar-refractivity contribution in [2.45, 2.75) is 39.3 Å². The fourth-order valence-electron chi connectivity index (χ4n) is 2.75. The summed E-state index contributed by atoms with van der Waals surface area (Å²) in [7, 11) is 0. The van der Waals surface area contributed by atoms with Crippen LogP contribution in [0.1, 0.15) is 33.2 Å². The highest BCUT2D eigenvalue weighted by Crippen LogP contribution is 2.28. The number of aliphatic hydroxyl groups is 1. The Morgan fingerprint density at radius 3 is 2.63 bits per heavy atom. The normalized spacial score (nSPS) is 12.6. The van der Waals surface area contributed by atoms with Crippen molar-refractivity contribution in [3.63, 3.8) is 0 Å². The molecule has 1 aromatic carbocycles. The topological polar surface area (TPSA) is 87.9 Å². The van der Waals surface area contributed by atoms with Gasteiger partial charge in [-0.2, -0.15) is 4.98 Å². The van der Waals surface area contributed by atoms with Crippen LogP contribution in [0.2, 0.25) is 0 Å². The summed E-state index contributed by atoms with van der Waals surface area (Å²) in [6, 6.07) is 3.27. The molecule has 2 heterocycles. The molecule has 144 valence electrons. The van der Waals surface area contributed by atoms with Crippen molar-refractivity contribution in [3.8, 4) is 0 Å². The van der Waals surface area contributed by atoms with E-state index in [-0.39, 0.29) is 24.4 Å². The molecule has 7 nitrogen and oxygen atoms in total. The zero-order valence-corrected chi connectivity index (χ0v) is 15.4. The Kier molecular flexibility index (Phi) is 5.50. The molecule has 1 atom stereocenters. The molecule has 0 saturated carbocycles. The number of anilines is 3. The molecule has 9 heteroatoms. The molecule has 3 N–H and O–H groups in total. The van der Waals surface area contributed by atoms with E-state index >= 15 is 0 Å². The maximum atomic E-state index is 14.1. The van der Waals surface area contributed by atoms with Gasteiger partial charge >= 0.3 is 0 Å². The first-order valence-corrected chi connectivity index (χ1v) is 8.73. The molecule has 0 aliphatic rings. The van der Waals surface area contributed by atoms with Gasteiger partial charge < -0.3 is 15.7 Å². The van der Waals surface area contributed by atoms with Crippen LogP contribution in [-0.2, 0) is 0 Å². The van der Waals surface area contributed by atoms with Crippen molar-refractivity contribution in [1.29, 1.82) is 0 Å². The number of nitrogens with zero attached hydrogens (tertiary/aromatic N) is 4. The van der Waals surface area contributed by atoms with Crippen LogP contribution in [-0.4, -0.2) is 37.3 Å². The molecule has 0 unspecified atom stereocenters. The van der Waals surface area contributed by atoms with Crippen LogP contribution >= 0.6 is 0 Å². The largest absolute Gasteiger partial charge is 0.396 e. The van der Waals surface area contributed by atoms with Gasteiger partial charge in [-0.05, 0) is 39.3 Å². The number of fused-ring (bicyclic) bond motifs is 1. The molecule has 3 aromatic rings. The summed E-state index contributed by atoms with van der Waals surface area (Å²) in [5.41, 5.74) is 1.18. The van der Waals surface area contributed by atoms with Gasteiger partial charge in [-0.15, -0.1) is 0 Å². The van der Waals surface area contributed by atoms with Gasteiger partial charge in [-0.25, -0.2) is 18.7 Å². The second-order valence-electron chi connectivity index (χ2n) is 6.62. The third-order valence-corrected chi connectivity index (χ3v) is 4.02. The van der Waals surface area contributed by atoms with Gasteiger partial charge in [0, 0.05) is 24.8 Å². The number of nitrogens with one attached hydrogen (secondary N) is 2. The zero-order valence-electron chi connectivity index (χ0n) is 15.4. The van der Waals surface area contributed by atoms with Gasteiger partial charge in [-0.3, -0.25) is 4.57 Å². The summed E-state index contributed by atoms with van der Waals surface area (Å²) in [5.74, 6) is -0.589. The number of aromatic nitrogens is 4. The quantitative estimate of drug-likeness (QED) is 0.584. The van der Waals surface area contributed by atoms with E-state index in [1.165, 1.54) is 12.1 Å². The molecule has 27 heavy (non-hydrogen) atoms. The van der Waals surface area contributed by atoms with Gasteiger partial charge in [0.25, 0.3) is 0 Å². The minimum absolute atomic E-state index is 0.0205. The first kappa shape index (κ1) is 19.0. The lowest BCUT2D eigenvalue weighted by Gasteiger charge is -2.17. The van der Waals surface area contributed by atoms with E-state index in [1.54, 1.807) is 10.8 Å². The minimum atomic E-state index is -0.725. The zero-order chi connectivity index (χ0) is 19.6. The van der Waals surface area contributed by atoms with Gasteiger partial charge in [0.1, 0.15) is 17.2 Å². The average molecular weight is 376 g/mol. The van der Waals surface area contributed by atoms with Gasteiger partial charge in [0.05, 0.1) is 11.9 Å². The number of hydrogen-bond acceptors (Lipinski definition) is 6. The molecular weight excluding hydrogens is 354 g/mol. The number of rotatable bonds is 7. The highest BCUT2D eigenvalue weighted by Gasteiger charge is 2.19. The van der Waals surface area contributed by atoms with Crippen molar-refractivity contribution in [2.24, 2.45) is 0 Å². The Hall–Kier alpha value is -2.81. The fraction of sp³-hybridized carbons (Fsp3) is 0.389. The van der Waals surface area contributed by atoms with E-state index in [9.17, 15) is 13.9 Å². The molecule has 0 amide bonds. The monoisotopic (exact) mass is 376 g/mol. The van der Waals surface area contributed by atoms with Crippen LogP contribution in [0.5, 0.6) is 0 Å². The maximum absolute atomic E-state index is 14.1. The van der Waals surface area contributed by atoms with E-state index < -0.39 is 11.6 Å². The van der Waals surface area contributed by atoms with Crippen molar-refractivity contribution in [3.05, 3.63) is 36.0 Å². The van der Waals surface area contributed by atoms with Crippen LogP contribution in [0.25, 0.3) is 11.2 Å². The van der Waals surface area contributed by atoms with E-state index in [0.717, 1.165) is 6.07 Å². The van der Waals surface area contributed by atoms with Crippen LogP contribution < -0.4 is 10.6 Å². The molecule has 2 aromatic heterocycles. The summed E-state index contributed by atoms with van der Waals surface area (Å²) in [5, 5.41) is 15.4. The maximum Gasteiger partial charge on any atom is 0.224 e. The van der Waals surface area contributed by atoms with E-state index in [0.29, 0.717) is 29.5 Å². The third-order valence-electron chi connectivity index (χ3n) is 4.02. The molecule has 0 aliphatic heterocycles.